The summed E-state index contributed by atoms with van der Waals surface area (Å²) in [5.41, 5.74) is 0.727. The van der Waals surface area contributed by atoms with Gasteiger partial charge in [0.1, 0.15) is 0 Å². The second kappa shape index (κ2) is 6.37. The highest BCUT2D eigenvalue weighted by Crippen LogP contribution is 2.16. The number of ether oxygens (including phenoxy) is 1. The molecule has 0 spiro atoms. The molecule has 0 radical (unpaired) electrons. The van der Waals surface area contributed by atoms with Crippen LogP contribution in [0.3, 0.4) is 0 Å². The zero-order valence-corrected chi connectivity index (χ0v) is 12.0. The van der Waals surface area contributed by atoms with Crippen molar-refractivity contribution in [2.45, 2.75) is 26.0 Å². The van der Waals surface area contributed by atoms with E-state index in [0.29, 0.717) is 11.6 Å². The van der Waals surface area contributed by atoms with E-state index < -0.39 is 0 Å². The first kappa shape index (κ1) is 14.3. The van der Waals surface area contributed by atoms with Crippen molar-refractivity contribution in [3.63, 3.8) is 0 Å². The van der Waals surface area contributed by atoms with Gasteiger partial charge >= 0.3 is 0 Å². The lowest BCUT2D eigenvalue weighted by atomic mass is 10.2. The predicted octanol–water partition coefficient (Wildman–Crippen LogP) is 2.39. The molecule has 0 aromatic heterocycles. The first-order valence-electron chi connectivity index (χ1n) is 6.48. The molecule has 1 fully saturated rings. The summed E-state index contributed by atoms with van der Waals surface area (Å²) >= 11 is 5.90. The van der Waals surface area contributed by atoms with Crippen LogP contribution in [-0.2, 0) is 9.53 Å². The fourth-order valence-electron chi connectivity index (χ4n) is 2.18. The van der Waals surface area contributed by atoms with E-state index in [1.807, 2.05) is 26.0 Å². The molecular formula is C14H19ClN2O2. The van der Waals surface area contributed by atoms with Crippen LogP contribution in [0.4, 0.5) is 5.69 Å². The summed E-state index contributed by atoms with van der Waals surface area (Å²) in [4.78, 5) is 14.3. The normalized spacial score (nSPS) is 21.9. The monoisotopic (exact) mass is 282 g/mol. The number of nitrogens with one attached hydrogen (secondary N) is 1. The molecule has 0 saturated carbocycles. The Labute approximate surface area is 118 Å². The first-order chi connectivity index (χ1) is 9.06. The Hall–Kier alpha value is -1.10. The highest BCUT2D eigenvalue weighted by Gasteiger charge is 2.25. The standard InChI is InChI=1S/C14H19ClN2O2/c1-10-9-17(6-7-19-10)11(2)14(18)16-13-5-3-4-12(15)8-13/h3-5,8,10-11H,6-7,9H2,1-2H3,(H,16,18)/t10-,11-/m1/s1. The van der Waals surface area contributed by atoms with Crippen LogP contribution in [-0.4, -0.2) is 42.6 Å². The van der Waals surface area contributed by atoms with Gasteiger partial charge in [-0.05, 0) is 32.0 Å². The van der Waals surface area contributed by atoms with Crippen LogP contribution in [0.1, 0.15) is 13.8 Å². The molecule has 104 valence electrons. The van der Waals surface area contributed by atoms with Crippen molar-refractivity contribution in [2.24, 2.45) is 0 Å². The Morgan fingerprint density at radius 1 is 1.58 bits per heavy atom. The number of halogens is 1. The Bertz CT molecular complexity index is 453. The largest absolute Gasteiger partial charge is 0.376 e. The van der Waals surface area contributed by atoms with Crippen LogP contribution in [0.15, 0.2) is 24.3 Å². The van der Waals surface area contributed by atoms with E-state index in [2.05, 4.69) is 10.2 Å². The van der Waals surface area contributed by atoms with Crippen molar-refractivity contribution in [1.29, 1.82) is 0 Å². The zero-order chi connectivity index (χ0) is 13.8. The number of hydrogen-bond donors (Lipinski definition) is 1. The van der Waals surface area contributed by atoms with Crippen LogP contribution in [0.25, 0.3) is 0 Å². The third kappa shape index (κ3) is 3.93. The average Bonchev–Trinajstić information content (AvgIpc) is 2.38. The van der Waals surface area contributed by atoms with Crippen molar-refractivity contribution in [2.75, 3.05) is 25.0 Å². The van der Waals surface area contributed by atoms with Gasteiger partial charge in [0.15, 0.2) is 0 Å². The summed E-state index contributed by atoms with van der Waals surface area (Å²) in [6.45, 7) is 6.18. The average molecular weight is 283 g/mol. The Balaban J connectivity index is 1.95. The lowest BCUT2D eigenvalue weighted by Crippen LogP contribution is -2.50. The highest BCUT2D eigenvalue weighted by atomic mass is 35.5. The fourth-order valence-corrected chi connectivity index (χ4v) is 2.37. The highest BCUT2D eigenvalue weighted by molar-refractivity contribution is 6.30. The van der Waals surface area contributed by atoms with Gasteiger partial charge in [0.05, 0.1) is 18.8 Å². The topological polar surface area (TPSA) is 41.6 Å². The number of carbonyl (C=O) groups is 1. The van der Waals surface area contributed by atoms with Crippen LogP contribution in [0, 0.1) is 0 Å². The van der Waals surface area contributed by atoms with Gasteiger partial charge in [-0.2, -0.15) is 0 Å². The minimum absolute atomic E-state index is 0.0173. The quantitative estimate of drug-likeness (QED) is 0.925. The second-order valence-corrected chi connectivity index (χ2v) is 5.29. The lowest BCUT2D eigenvalue weighted by molar-refractivity contribution is -0.123. The van der Waals surface area contributed by atoms with Gasteiger partial charge in [-0.25, -0.2) is 0 Å². The lowest BCUT2D eigenvalue weighted by Gasteiger charge is -2.34. The molecule has 1 aromatic carbocycles. The summed E-state index contributed by atoms with van der Waals surface area (Å²) in [6.07, 6.45) is 0.176. The van der Waals surface area contributed by atoms with E-state index in [1.54, 1.807) is 12.1 Å². The summed E-state index contributed by atoms with van der Waals surface area (Å²) < 4.78 is 5.48. The molecule has 5 heteroatoms. The van der Waals surface area contributed by atoms with Crippen LogP contribution < -0.4 is 5.32 Å². The molecule has 0 bridgehead atoms. The number of benzene rings is 1. The Morgan fingerprint density at radius 2 is 2.37 bits per heavy atom. The molecule has 1 aliphatic heterocycles. The van der Waals surface area contributed by atoms with E-state index in [-0.39, 0.29) is 18.1 Å². The number of hydrogen-bond acceptors (Lipinski definition) is 3. The number of rotatable bonds is 3. The molecular weight excluding hydrogens is 264 g/mol. The molecule has 1 N–H and O–H groups in total. The number of carbonyl (C=O) groups excluding carboxylic acids is 1. The predicted molar refractivity (Wildman–Crippen MR) is 76.5 cm³/mol. The molecule has 2 atom stereocenters. The third-order valence-corrected chi connectivity index (χ3v) is 3.53. The number of nitrogens with zero attached hydrogens (tertiary/aromatic N) is 1. The maximum Gasteiger partial charge on any atom is 0.241 e. The molecule has 1 aromatic rings. The Morgan fingerprint density at radius 3 is 3.05 bits per heavy atom. The van der Waals surface area contributed by atoms with Crippen molar-refractivity contribution in [1.82, 2.24) is 4.90 Å². The van der Waals surface area contributed by atoms with Crippen molar-refractivity contribution < 1.29 is 9.53 Å². The van der Waals surface area contributed by atoms with E-state index in [4.69, 9.17) is 16.3 Å². The molecule has 19 heavy (non-hydrogen) atoms. The Kier molecular flexibility index (Phi) is 4.80. The van der Waals surface area contributed by atoms with Crippen molar-refractivity contribution in [3.05, 3.63) is 29.3 Å². The van der Waals surface area contributed by atoms with Gasteiger partial charge in [-0.15, -0.1) is 0 Å². The van der Waals surface area contributed by atoms with E-state index >= 15 is 0 Å². The second-order valence-electron chi connectivity index (χ2n) is 4.85. The maximum atomic E-state index is 12.2. The van der Waals surface area contributed by atoms with E-state index in [0.717, 1.165) is 18.8 Å². The van der Waals surface area contributed by atoms with Gasteiger partial charge in [0.25, 0.3) is 0 Å². The van der Waals surface area contributed by atoms with Crippen LogP contribution in [0.2, 0.25) is 5.02 Å². The summed E-state index contributed by atoms with van der Waals surface area (Å²) in [6, 6.07) is 7.00. The summed E-state index contributed by atoms with van der Waals surface area (Å²) in [5, 5.41) is 3.50. The minimum Gasteiger partial charge on any atom is -0.376 e. The zero-order valence-electron chi connectivity index (χ0n) is 11.2. The van der Waals surface area contributed by atoms with E-state index in [9.17, 15) is 4.79 Å². The molecule has 1 amide bonds. The molecule has 4 nitrogen and oxygen atoms in total. The van der Waals surface area contributed by atoms with Crippen LogP contribution >= 0.6 is 11.6 Å². The van der Waals surface area contributed by atoms with Crippen molar-refractivity contribution >= 4 is 23.2 Å². The summed E-state index contributed by atoms with van der Waals surface area (Å²) in [7, 11) is 0. The van der Waals surface area contributed by atoms with Gasteiger partial charge < -0.3 is 10.1 Å². The van der Waals surface area contributed by atoms with Gasteiger partial charge in [-0.1, -0.05) is 17.7 Å². The minimum atomic E-state index is -0.176. The molecule has 0 aliphatic carbocycles. The smallest absolute Gasteiger partial charge is 0.241 e. The molecule has 1 aliphatic rings. The molecule has 2 rings (SSSR count). The van der Waals surface area contributed by atoms with Crippen molar-refractivity contribution in [3.8, 4) is 0 Å². The SMILES string of the molecule is C[C@@H]1CN([C@H](C)C(=O)Nc2cccc(Cl)c2)CCO1. The summed E-state index contributed by atoms with van der Waals surface area (Å²) in [5.74, 6) is -0.0173. The number of anilines is 1. The van der Waals surface area contributed by atoms with Gasteiger partial charge in [0.2, 0.25) is 5.91 Å². The van der Waals surface area contributed by atoms with Gasteiger partial charge in [0, 0.05) is 23.8 Å². The van der Waals surface area contributed by atoms with Crippen LogP contribution in [0.5, 0.6) is 0 Å². The maximum absolute atomic E-state index is 12.2. The fraction of sp³-hybridized carbons (Fsp3) is 0.500. The molecule has 1 heterocycles. The van der Waals surface area contributed by atoms with E-state index in [1.165, 1.54) is 0 Å². The number of amides is 1. The number of morpholine rings is 1. The molecule has 1 saturated heterocycles. The third-order valence-electron chi connectivity index (χ3n) is 3.29. The first-order valence-corrected chi connectivity index (χ1v) is 6.86. The van der Waals surface area contributed by atoms with Gasteiger partial charge in [-0.3, -0.25) is 9.69 Å². The molecule has 0 unspecified atom stereocenters.